The molecule has 6 nitrogen and oxygen atoms in total. The molecule has 0 saturated carbocycles. The lowest BCUT2D eigenvalue weighted by atomic mass is 9.78. The number of amides is 1. The van der Waals surface area contributed by atoms with Gasteiger partial charge < -0.3 is 5.73 Å². The van der Waals surface area contributed by atoms with Crippen molar-refractivity contribution in [1.82, 2.24) is 9.88 Å². The number of alkyl halides is 3. The van der Waals surface area contributed by atoms with E-state index in [2.05, 4.69) is 16.0 Å². The van der Waals surface area contributed by atoms with Gasteiger partial charge in [0.15, 0.2) is 5.96 Å². The SMILES string of the molecule is CN1C(=O)C(c2ccc(C(F)(F)F)nc2)[C@@](C)(c2cc(-c3cccc(C#N)c3)cs2)N=C1N. The Bertz CT molecular complexity index is 1290. The molecule has 3 heterocycles. The maximum atomic E-state index is 13.3. The molecule has 2 N–H and O–H groups in total. The van der Waals surface area contributed by atoms with Crippen LogP contribution >= 0.6 is 11.3 Å². The number of pyridine rings is 1. The molecule has 1 aliphatic heterocycles. The molecule has 2 aromatic heterocycles. The molecular weight excluding hydrogens is 451 g/mol. The number of rotatable bonds is 3. The van der Waals surface area contributed by atoms with Crippen molar-refractivity contribution in [3.8, 4) is 17.2 Å². The number of hydrogen-bond acceptors (Lipinski definition) is 6. The van der Waals surface area contributed by atoms with Gasteiger partial charge in [0.25, 0.3) is 0 Å². The number of likely N-dealkylation sites (N-methyl/N-ethyl adjacent to an activating group) is 1. The summed E-state index contributed by atoms with van der Waals surface area (Å²) in [6.07, 6.45) is -3.52. The topological polar surface area (TPSA) is 95.4 Å². The van der Waals surface area contributed by atoms with E-state index in [0.717, 1.165) is 23.4 Å². The molecule has 1 aromatic carbocycles. The van der Waals surface area contributed by atoms with Crippen LogP contribution in [0.25, 0.3) is 11.1 Å². The summed E-state index contributed by atoms with van der Waals surface area (Å²) in [7, 11) is 1.47. The number of hydrogen-bond donors (Lipinski definition) is 1. The molecule has 10 heteroatoms. The molecule has 0 saturated heterocycles. The lowest BCUT2D eigenvalue weighted by molar-refractivity contribution is -0.141. The summed E-state index contributed by atoms with van der Waals surface area (Å²) < 4.78 is 39.0. The third kappa shape index (κ3) is 3.96. The molecule has 1 unspecified atom stereocenters. The zero-order chi connectivity index (χ0) is 24.0. The first-order valence-electron chi connectivity index (χ1n) is 9.80. The van der Waals surface area contributed by atoms with Crippen LogP contribution in [0.3, 0.4) is 0 Å². The van der Waals surface area contributed by atoms with Gasteiger partial charge >= 0.3 is 6.18 Å². The van der Waals surface area contributed by atoms with Gasteiger partial charge in [-0.3, -0.25) is 14.7 Å². The third-order valence-corrected chi connectivity index (χ3v) is 6.82. The summed E-state index contributed by atoms with van der Waals surface area (Å²) in [6, 6.07) is 13.2. The number of carbonyl (C=O) groups excluding carboxylic acids is 1. The summed E-state index contributed by atoms with van der Waals surface area (Å²) in [5.41, 5.74) is 6.29. The summed E-state index contributed by atoms with van der Waals surface area (Å²) in [5, 5.41) is 11.1. The first-order valence-corrected chi connectivity index (χ1v) is 10.7. The molecule has 33 heavy (non-hydrogen) atoms. The Morgan fingerprint density at radius 2 is 1.97 bits per heavy atom. The molecule has 0 aliphatic carbocycles. The fourth-order valence-electron chi connectivity index (χ4n) is 3.85. The number of nitrogens with two attached hydrogens (primary N) is 1. The zero-order valence-corrected chi connectivity index (χ0v) is 18.4. The van der Waals surface area contributed by atoms with E-state index in [1.807, 2.05) is 17.5 Å². The van der Waals surface area contributed by atoms with Crippen molar-refractivity contribution in [1.29, 1.82) is 5.26 Å². The smallest absolute Gasteiger partial charge is 0.369 e. The summed E-state index contributed by atoms with van der Waals surface area (Å²) in [5.74, 6) is -1.31. The van der Waals surface area contributed by atoms with Gasteiger partial charge in [0.05, 0.1) is 17.6 Å². The first kappa shape index (κ1) is 22.5. The Kier molecular flexibility index (Phi) is 5.46. The zero-order valence-electron chi connectivity index (χ0n) is 17.6. The van der Waals surface area contributed by atoms with Crippen LogP contribution in [0, 0.1) is 11.3 Å². The van der Waals surface area contributed by atoms with Gasteiger partial charge in [0.2, 0.25) is 5.91 Å². The quantitative estimate of drug-likeness (QED) is 0.612. The lowest BCUT2D eigenvalue weighted by Crippen LogP contribution is -2.52. The third-order valence-electron chi connectivity index (χ3n) is 5.66. The number of aromatic nitrogens is 1. The van der Waals surface area contributed by atoms with Gasteiger partial charge in [-0.05, 0) is 53.3 Å². The Hall–Kier alpha value is -3.71. The minimum Gasteiger partial charge on any atom is -0.369 e. The number of aliphatic imine (C=N–C) groups is 1. The van der Waals surface area contributed by atoms with E-state index in [4.69, 9.17) is 5.73 Å². The molecule has 0 spiro atoms. The highest BCUT2D eigenvalue weighted by Crippen LogP contribution is 2.47. The van der Waals surface area contributed by atoms with Crippen molar-refractivity contribution >= 4 is 23.2 Å². The number of nitriles is 1. The number of benzene rings is 1. The van der Waals surface area contributed by atoms with Crippen molar-refractivity contribution in [2.24, 2.45) is 10.7 Å². The van der Waals surface area contributed by atoms with Crippen molar-refractivity contribution in [2.45, 2.75) is 24.6 Å². The van der Waals surface area contributed by atoms with Crippen LogP contribution in [0.4, 0.5) is 13.2 Å². The second-order valence-corrected chi connectivity index (χ2v) is 8.73. The average Bonchev–Trinajstić information content (AvgIpc) is 3.29. The molecular formula is C23H18F3N5OS. The van der Waals surface area contributed by atoms with E-state index in [0.29, 0.717) is 16.0 Å². The second-order valence-electron chi connectivity index (χ2n) is 7.81. The molecule has 0 fully saturated rings. The highest BCUT2D eigenvalue weighted by atomic mass is 32.1. The van der Waals surface area contributed by atoms with Crippen LogP contribution in [0.15, 0.2) is 59.0 Å². The molecule has 1 amide bonds. The van der Waals surface area contributed by atoms with Crippen LogP contribution < -0.4 is 5.73 Å². The number of nitrogens with zero attached hydrogens (tertiary/aromatic N) is 4. The second kappa shape index (κ2) is 8.01. The molecule has 168 valence electrons. The predicted molar refractivity (Wildman–Crippen MR) is 118 cm³/mol. The van der Waals surface area contributed by atoms with Crippen LogP contribution in [-0.2, 0) is 16.5 Å². The van der Waals surface area contributed by atoms with Gasteiger partial charge in [-0.2, -0.15) is 18.4 Å². The highest BCUT2D eigenvalue weighted by Gasteiger charge is 2.48. The van der Waals surface area contributed by atoms with E-state index in [9.17, 15) is 23.2 Å². The number of carbonyl (C=O) groups is 1. The van der Waals surface area contributed by atoms with Crippen molar-refractivity contribution < 1.29 is 18.0 Å². The fraction of sp³-hybridized carbons (Fsp3) is 0.217. The molecule has 3 aromatic rings. The summed E-state index contributed by atoms with van der Waals surface area (Å²) >= 11 is 1.36. The van der Waals surface area contributed by atoms with Crippen molar-refractivity contribution in [3.63, 3.8) is 0 Å². The van der Waals surface area contributed by atoms with Gasteiger partial charge in [0, 0.05) is 18.1 Å². The predicted octanol–water partition coefficient (Wildman–Crippen LogP) is 4.49. The van der Waals surface area contributed by atoms with E-state index in [1.54, 1.807) is 25.1 Å². The molecule has 2 atom stereocenters. The maximum absolute atomic E-state index is 13.3. The average molecular weight is 469 g/mol. The number of guanidine groups is 1. The first-order chi connectivity index (χ1) is 15.5. The minimum absolute atomic E-state index is 0.0139. The van der Waals surface area contributed by atoms with Gasteiger partial charge in [-0.15, -0.1) is 11.3 Å². The van der Waals surface area contributed by atoms with E-state index < -0.39 is 29.2 Å². The molecule has 4 rings (SSSR count). The van der Waals surface area contributed by atoms with E-state index in [-0.39, 0.29) is 5.96 Å². The fourth-order valence-corrected chi connectivity index (χ4v) is 4.91. The Morgan fingerprint density at radius 1 is 1.21 bits per heavy atom. The van der Waals surface area contributed by atoms with Crippen LogP contribution in [0.1, 0.15) is 34.5 Å². The van der Waals surface area contributed by atoms with E-state index >= 15 is 0 Å². The van der Waals surface area contributed by atoms with Gasteiger partial charge in [-0.25, -0.2) is 4.99 Å². The van der Waals surface area contributed by atoms with Crippen LogP contribution in [-0.4, -0.2) is 28.8 Å². The normalized spacial score (nSPS) is 21.0. The highest BCUT2D eigenvalue weighted by molar-refractivity contribution is 7.10. The van der Waals surface area contributed by atoms with Gasteiger partial charge in [0.1, 0.15) is 11.2 Å². The number of halogens is 3. The molecule has 0 bridgehead atoms. The Morgan fingerprint density at radius 3 is 2.61 bits per heavy atom. The summed E-state index contributed by atoms with van der Waals surface area (Å²) in [4.78, 5) is 23.3. The maximum Gasteiger partial charge on any atom is 0.433 e. The van der Waals surface area contributed by atoms with E-state index in [1.165, 1.54) is 29.4 Å². The van der Waals surface area contributed by atoms with Crippen LogP contribution in [0.2, 0.25) is 0 Å². The minimum atomic E-state index is -4.58. The molecule has 0 radical (unpaired) electrons. The Balaban J connectivity index is 1.81. The van der Waals surface area contributed by atoms with Crippen molar-refractivity contribution in [2.75, 3.05) is 7.05 Å². The van der Waals surface area contributed by atoms with Gasteiger partial charge in [-0.1, -0.05) is 18.2 Å². The Labute approximate surface area is 191 Å². The summed E-state index contributed by atoms with van der Waals surface area (Å²) in [6.45, 7) is 1.73. The number of thiophene rings is 1. The largest absolute Gasteiger partial charge is 0.433 e. The monoisotopic (exact) mass is 469 g/mol. The van der Waals surface area contributed by atoms with Crippen molar-refractivity contribution in [3.05, 3.63) is 75.7 Å². The van der Waals surface area contributed by atoms with Crippen LogP contribution in [0.5, 0.6) is 0 Å². The standard InChI is InChI=1S/C23H18F3N5OS/c1-22(18-9-16(12-33-18)14-5-3-4-13(8-14)10-27)19(20(32)31(2)21(28)30-22)15-6-7-17(29-11-15)23(24,25)26/h3-9,11-12,19H,1-2H3,(H2,28,30)/t19?,22-/m1/s1. The molecule has 1 aliphatic rings. The lowest BCUT2D eigenvalue weighted by Gasteiger charge is -2.39.